The predicted octanol–water partition coefficient (Wildman–Crippen LogP) is 3.00. The Morgan fingerprint density at radius 2 is 1.93 bits per heavy atom. The molecule has 2 rings (SSSR count). The molecule has 1 saturated heterocycles. The largest absolute Gasteiger partial charge is 0.481 e. The molecule has 1 heterocycles. The van der Waals surface area contributed by atoms with Crippen LogP contribution in [0.1, 0.15) is 43.5 Å². The Hall–Kier alpha value is -2.22. The van der Waals surface area contributed by atoms with Crippen LogP contribution < -0.4 is 4.74 Å². The van der Waals surface area contributed by atoms with E-state index >= 15 is 0 Å². The van der Waals surface area contributed by atoms with Gasteiger partial charge >= 0.3 is 12.6 Å². The minimum atomic E-state index is -2.95. The van der Waals surface area contributed by atoms with Crippen molar-refractivity contribution in [3.63, 3.8) is 0 Å². The van der Waals surface area contributed by atoms with Crippen molar-refractivity contribution >= 4 is 11.9 Å². The second-order valence-corrected chi connectivity index (χ2v) is 7.33. The van der Waals surface area contributed by atoms with Crippen molar-refractivity contribution in [2.45, 2.75) is 45.8 Å². The molecule has 2 N–H and O–H groups in total. The van der Waals surface area contributed by atoms with Crippen LogP contribution in [0.4, 0.5) is 8.78 Å². The zero-order chi connectivity index (χ0) is 20.2. The fraction of sp³-hybridized carbons (Fsp3) is 0.579. The van der Waals surface area contributed by atoms with E-state index < -0.39 is 30.0 Å². The number of alkyl halides is 2. The molecule has 27 heavy (non-hydrogen) atoms. The molecule has 1 aliphatic rings. The van der Waals surface area contributed by atoms with Crippen LogP contribution in [-0.2, 0) is 4.79 Å². The van der Waals surface area contributed by atoms with Gasteiger partial charge in [-0.25, -0.2) is 0 Å². The maximum Gasteiger partial charge on any atom is 0.387 e. The van der Waals surface area contributed by atoms with Crippen molar-refractivity contribution in [2.24, 2.45) is 11.3 Å². The number of rotatable bonds is 7. The highest BCUT2D eigenvalue weighted by Gasteiger charge is 2.49. The van der Waals surface area contributed by atoms with E-state index in [1.54, 1.807) is 0 Å². The summed E-state index contributed by atoms with van der Waals surface area (Å²) in [7, 11) is 0. The minimum absolute atomic E-state index is 0.0626. The fourth-order valence-electron chi connectivity index (χ4n) is 3.32. The van der Waals surface area contributed by atoms with Gasteiger partial charge in [0.05, 0.1) is 6.10 Å². The lowest BCUT2D eigenvalue weighted by atomic mass is 9.72. The van der Waals surface area contributed by atoms with Crippen molar-refractivity contribution in [1.82, 2.24) is 4.90 Å². The number of aliphatic carboxylic acids is 1. The van der Waals surface area contributed by atoms with Gasteiger partial charge in [0.2, 0.25) is 0 Å². The number of halogens is 2. The van der Waals surface area contributed by atoms with Crippen molar-refractivity contribution in [1.29, 1.82) is 0 Å². The number of carbonyl (C=O) groups is 2. The number of nitrogens with zero attached hydrogens (tertiary/aromatic N) is 1. The SMILES string of the molecule is CC(C)CC[C@@]1(C(=O)O)CN(C(=O)c2ccc(OC(F)F)cc2)CC[C@H]1O. The number of ether oxygens (including phenoxy) is 1. The molecule has 2 atom stereocenters. The second kappa shape index (κ2) is 8.65. The van der Waals surface area contributed by atoms with Gasteiger partial charge in [-0.2, -0.15) is 8.78 Å². The maximum atomic E-state index is 12.8. The van der Waals surface area contributed by atoms with E-state index in [1.165, 1.54) is 29.2 Å². The number of hydrogen-bond donors (Lipinski definition) is 2. The lowest BCUT2D eigenvalue weighted by molar-refractivity contribution is -0.163. The van der Waals surface area contributed by atoms with Crippen LogP contribution in [0.5, 0.6) is 5.75 Å². The lowest BCUT2D eigenvalue weighted by Gasteiger charge is -2.43. The summed E-state index contributed by atoms with van der Waals surface area (Å²) < 4.78 is 28.7. The van der Waals surface area contributed by atoms with Gasteiger partial charge < -0.3 is 19.8 Å². The van der Waals surface area contributed by atoms with Gasteiger partial charge in [-0.1, -0.05) is 13.8 Å². The number of amides is 1. The van der Waals surface area contributed by atoms with Gasteiger partial charge in [-0.15, -0.1) is 0 Å². The summed E-state index contributed by atoms with van der Waals surface area (Å²) in [5.74, 6) is -1.32. The average Bonchev–Trinajstić information content (AvgIpc) is 2.60. The molecule has 1 fully saturated rings. The quantitative estimate of drug-likeness (QED) is 0.753. The normalized spacial score (nSPS) is 22.9. The molecule has 0 saturated carbocycles. The van der Waals surface area contributed by atoms with Crippen LogP contribution in [0, 0.1) is 11.3 Å². The highest BCUT2D eigenvalue weighted by molar-refractivity contribution is 5.95. The van der Waals surface area contributed by atoms with Crippen LogP contribution >= 0.6 is 0 Å². The average molecular weight is 385 g/mol. The fourth-order valence-corrected chi connectivity index (χ4v) is 3.32. The summed E-state index contributed by atoms with van der Waals surface area (Å²) in [6.07, 6.45) is 0.0273. The first-order chi connectivity index (χ1) is 12.7. The third-order valence-electron chi connectivity index (χ3n) is 4.99. The molecule has 1 amide bonds. The van der Waals surface area contributed by atoms with Crippen LogP contribution in [0.2, 0.25) is 0 Å². The van der Waals surface area contributed by atoms with E-state index in [0.29, 0.717) is 6.42 Å². The van der Waals surface area contributed by atoms with E-state index in [9.17, 15) is 28.6 Å². The molecule has 1 aromatic carbocycles. The summed E-state index contributed by atoms with van der Waals surface area (Å²) in [5.41, 5.74) is -1.16. The first kappa shape index (κ1) is 21.1. The maximum absolute atomic E-state index is 12.8. The second-order valence-electron chi connectivity index (χ2n) is 7.33. The van der Waals surface area contributed by atoms with Crippen molar-refractivity contribution in [3.05, 3.63) is 29.8 Å². The number of benzene rings is 1. The molecule has 8 heteroatoms. The molecular formula is C19H25F2NO5. The lowest BCUT2D eigenvalue weighted by Crippen LogP contribution is -2.57. The first-order valence-corrected chi connectivity index (χ1v) is 8.91. The van der Waals surface area contributed by atoms with Gasteiger partial charge in [0, 0.05) is 18.7 Å². The molecule has 1 aliphatic heterocycles. The van der Waals surface area contributed by atoms with E-state index in [2.05, 4.69) is 4.74 Å². The molecular weight excluding hydrogens is 360 g/mol. The van der Waals surface area contributed by atoms with Crippen molar-refractivity contribution in [3.8, 4) is 5.75 Å². The highest BCUT2D eigenvalue weighted by Crippen LogP contribution is 2.37. The Labute approximate surface area is 156 Å². The summed E-state index contributed by atoms with van der Waals surface area (Å²) in [6, 6.07) is 5.26. The number of carbonyl (C=O) groups excluding carboxylic acids is 1. The van der Waals surface area contributed by atoms with Crippen LogP contribution in [0.25, 0.3) is 0 Å². The van der Waals surface area contributed by atoms with Gasteiger partial charge in [0.25, 0.3) is 5.91 Å². The minimum Gasteiger partial charge on any atom is -0.481 e. The molecule has 0 aliphatic carbocycles. The third-order valence-corrected chi connectivity index (χ3v) is 4.99. The van der Waals surface area contributed by atoms with Gasteiger partial charge in [0.15, 0.2) is 0 Å². The number of likely N-dealkylation sites (tertiary alicyclic amines) is 1. The molecule has 150 valence electrons. The van der Waals surface area contributed by atoms with E-state index in [4.69, 9.17) is 0 Å². The van der Waals surface area contributed by atoms with Crippen molar-refractivity contribution in [2.75, 3.05) is 13.1 Å². The van der Waals surface area contributed by atoms with Crippen LogP contribution in [0.3, 0.4) is 0 Å². The number of piperidine rings is 1. The summed E-state index contributed by atoms with van der Waals surface area (Å²) in [6.45, 7) is 1.12. The first-order valence-electron chi connectivity index (χ1n) is 8.91. The zero-order valence-electron chi connectivity index (χ0n) is 15.4. The van der Waals surface area contributed by atoms with Gasteiger partial charge in [-0.05, 0) is 49.4 Å². The Kier molecular flexibility index (Phi) is 6.75. The van der Waals surface area contributed by atoms with Gasteiger partial charge in [-0.3, -0.25) is 9.59 Å². The van der Waals surface area contributed by atoms with E-state index in [1.807, 2.05) is 13.8 Å². The zero-order valence-corrected chi connectivity index (χ0v) is 15.4. The monoisotopic (exact) mass is 385 g/mol. The molecule has 6 nitrogen and oxygen atoms in total. The van der Waals surface area contributed by atoms with Crippen molar-refractivity contribution < 1.29 is 33.3 Å². The topological polar surface area (TPSA) is 87.1 Å². The molecule has 0 aromatic heterocycles. The number of aliphatic hydroxyl groups is 1. The summed E-state index contributed by atoms with van der Waals surface area (Å²) in [5, 5.41) is 20.2. The highest BCUT2D eigenvalue weighted by atomic mass is 19.3. The smallest absolute Gasteiger partial charge is 0.387 e. The molecule has 1 aromatic rings. The standard InChI is InChI=1S/C19H25F2NO5/c1-12(2)7-9-19(17(25)26)11-22(10-8-15(19)23)16(24)13-3-5-14(6-4-13)27-18(20)21/h3-6,12,15,18,23H,7-11H2,1-2H3,(H,25,26)/t15-,19-/m1/s1. The van der Waals surface area contributed by atoms with E-state index in [0.717, 1.165) is 0 Å². The predicted molar refractivity (Wildman–Crippen MR) is 93.7 cm³/mol. The Bertz CT molecular complexity index is 665. The Morgan fingerprint density at radius 3 is 2.44 bits per heavy atom. The molecule has 0 unspecified atom stereocenters. The van der Waals surface area contributed by atoms with Crippen LogP contribution in [0.15, 0.2) is 24.3 Å². The number of carboxylic acid groups (broad SMARTS) is 1. The Morgan fingerprint density at radius 1 is 1.30 bits per heavy atom. The summed E-state index contributed by atoms with van der Waals surface area (Å²) >= 11 is 0. The number of carboxylic acids is 1. The van der Waals surface area contributed by atoms with Gasteiger partial charge in [0.1, 0.15) is 11.2 Å². The Balaban J connectivity index is 2.17. The van der Waals surface area contributed by atoms with Crippen LogP contribution in [-0.4, -0.2) is 52.8 Å². The molecule has 0 radical (unpaired) electrons. The third kappa shape index (κ3) is 4.94. The summed E-state index contributed by atoms with van der Waals surface area (Å²) in [4.78, 5) is 26.1. The molecule has 0 spiro atoms. The number of hydrogen-bond acceptors (Lipinski definition) is 4. The van der Waals surface area contributed by atoms with E-state index in [-0.39, 0.29) is 43.2 Å². The number of aliphatic hydroxyl groups excluding tert-OH is 1. The molecule has 0 bridgehead atoms.